The van der Waals surface area contributed by atoms with Gasteiger partial charge in [0.05, 0.1) is 0 Å². The van der Waals surface area contributed by atoms with Gasteiger partial charge < -0.3 is 10.1 Å². The second-order valence-electron chi connectivity index (χ2n) is 4.89. The molecular weight excluding hydrogens is 407 g/mol. The first-order valence-corrected chi connectivity index (χ1v) is 8.24. The van der Waals surface area contributed by atoms with E-state index in [1.54, 1.807) is 0 Å². The first-order chi connectivity index (χ1) is 11.2. The molecule has 0 unspecified atom stereocenters. The molecule has 0 saturated heterocycles. The maximum Gasteiger partial charge on any atom is 0.257 e. The summed E-state index contributed by atoms with van der Waals surface area (Å²) in [7, 11) is 0. The third-order valence-corrected chi connectivity index (χ3v) is 3.96. The molecule has 0 atom stereocenters. The van der Waals surface area contributed by atoms with Crippen LogP contribution in [-0.2, 0) is 11.2 Å². The monoisotopic (exact) mass is 422 g/mol. The second-order valence-corrected chi connectivity index (χ2v) is 6.13. The van der Waals surface area contributed by atoms with Crippen molar-refractivity contribution in [2.45, 2.75) is 6.42 Å². The van der Waals surface area contributed by atoms with E-state index < -0.39 is 0 Å². The lowest BCUT2D eigenvalue weighted by Gasteiger charge is -2.07. The fourth-order valence-corrected chi connectivity index (χ4v) is 2.47. The molecule has 2 aromatic heterocycles. The molecule has 2 heterocycles. The third kappa shape index (κ3) is 4.19. The van der Waals surface area contributed by atoms with Crippen molar-refractivity contribution in [3.8, 4) is 5.75 Å². The van der Waals surface area contributed by atoms with Crippen LogP contribution in [0.3, 0.4) is 0 Å². The SMILES string of the molecule is O=C(COc1ccc(I)cc1)NCCc1nnc2ccccn12. The number of nitrogens with zero attached hydrogens (tertiary/aromatic N) is 3. The molecule has 0 aliphatic carbocycles. The van der Waals surface area contributed by atoms with E-state index in [9.17, 15) is 4.79 Å². The zero-order valence-corrected chi connectivity index (χ0v) is 14.4. The molecule has 0 bridgehead atoms. The van der Waals surface area contributed by atoms with E-state index >= 15 is 0 Å². The topological polar surface area (TPSA) is 68.5 Å². The Morgan fingerprint density at radius 2 is 2.00 bits per heavy atom. The van der Waals surface area contributed by atoms with Gasteiger partial charge in [-0.1, -0.05) is 6.07 Å². The zero-order valence-electron chi connectivity index (χ0n) is 12.3. The summed E-state index contributed by atoms with van der Waals surface area (Å²) in [6.45, 7) is 0.492. The van der Waals surface area contributed by atoms with Crippen LogP contribution < -0.4 is 10.1 Å². The van der Waals surface area contributed by atoms with Gasteiger partial charge in [0.2, 0.25) is 0 Å². The van der Waals surface area contributed by atoms with Gasteiger partial charge in [-0.3, -0.25) is 9.20 Å². The Morgan fingerprint density at radius 3 is 2.83 bits per heavy atom. The first-order valence-electron chi connectivity index (χ1n) is 7.16. The number of halogens is 1. The van der Waals surface area contributed by atoms with Gasteiger partial charge in [-0.05, 0) is 59.0 Å². The Morgan fingerprint density at radius 1 is 1.17 bits per heavy atom. The number of ether oxygens (including phenoxy) is 1. The summed E-state index contributed by atoms with van der Waals surface area (Å²) in [5, 5.41) is 11.0. The molecule has 6 nitrogen and oxygen atoms in total. The summed E-state index contributed by atoms with van der Waals surface area (Å²) in [4.78, 5) is 11.8. The molecule has 0 fully saturated rings. The van der Waals surface area contributed by atoms with Gasteiger partial charge in [-0.2, -0.15) is 0 Å². The fourth-order valence-electron chi connectivity index (χ4n) is 2.11. The van der Waals surface area contributed by atoms with Crippen LogP contribution in [0.2, 0.25) is 0 Å². The first kappa shape index (κ1) is 15.7. The molecule has 23 heavy (non-hydrogen) atoms. The van der Waals surface area contributed by atoms with Crippen LogP contribution in [0.1, 0.15) is 5.82 Å². The highest BCUT2D eigenvalue weighted by Gasteiger charge is 2.06. The maximum atomic E-state index is 11.8. The number of pyridine rings is 1. The van der Waals surface area contributed by atoms with Crippen molar-refractivity contribution in [2.24, 2.45) is 0 Å². The van der Waals surface area contributed by atoms with Crippen molar-refractivity contribution in [2.75, 3.05) is 13.2 Å². The summed E-state index contributed by atoms with van der Waals surface area (Å²) in [5.74, 6) is 1.35. The number of hydrogen-bond donors (Lipinski definition) is 1. The summed E-state index contributed by atoms with van der Waals surface area (Å²) >= 11 is 2.22. The van der Waals surface area contributed by atoms with Gasteiger partial charge in [0.1, 0.15) is 11.6 Å². The standard InChI is InChI=1S/C16H15IN4O2/c17-12-4-6-13(7-5-12)23-11-16(22)18-9-8-15-20-19-14-3-1-2-10-21(14)15/h1-7,10H,8-9,11H2,(H,18,22). The van der Waals surface area contributed by atoms with Crippen LogP contribution in [0.25, 0.3) is 5.65 Å². The Bertz CT molecular complexity index is 801. The number of carbonyl (C=O) groups is 1. The molecule has 0 saturated carbocycles. The smallest absolute Gasteiger partial charge is 0.257 e. The van der Waals surface area contributed by atoms with Crippen LogP contribution in [-0.4, -0.2) is 33.7 Å². The van der Waals surface area contributed by atoms with E-state index in [1.165, 1.54) is 0 Å². The Kier molecular flexibility index (Phi) is 5.06. The summed E-state index contributed by atoms with van der Waals surface area (Å²) in [6.07, 6.45) is 2.52. The average Bonchev–Trinajstić information content (AvgIpc) is 2.98. The van der Waals surface area contributed by atoms with Crippen LogP contribution in [0, 0.1) is 3.57 Å². The lowest BCUT2D eigenvalue weighted by atomic mass is 10.3. The van der Waals surface area contributed by atoms with E-state index in [0.29, 0.717) is 18.7 Å². The van der Waals surface area contributed by atoms with E-state index in [-0.39, 0.29) is 12.5 Å². The van der Waals surface area contributed by atoms with E-state index in [4.69, 9.17) is 4.74 Å². The van der Waals surface area contributed by atoms with Crippen molar-refractivity contribution in [1.29, 1.82) is 0 Å². The molecular formula is C16H15IN4O2. The minimum atomic E-state index is -0.155. The van der Waals surface area contributed by atoms with Crippen molar-refractivity contribution in [1.82, 2.24) is 19.9 Å². The molecule has 1 amide bonds. The average molecular weight is 422 g/mol. The van der Waals surface area contributed by atoms with Crippen LogP contribution in [0.5, 0.6) is 5.75 Å². The van der Waals surface area contributed by atoms with Crippen molar-refractivity contribution in [3.63, 3.8) is 0 Å². The number of fused-ring (bicyclic) bond motifs is 1. The predicted octanol–water partition coefficient (Wildman–Crippen LogP) is 2.07. The van der Waals surface area contributed by atoms with E-state index in [1.807, 2.05) is 53.1 Å². The van der Waals surface area contributed by atoms with E-state index in [0.717, 1.165) is 15.0 Å². The second kappa shape index (κ2) is 7.40. The van der Waals surface area contributed by atoms with Gasteiger partial charge in [0.15, 0.2) is 12.3 Å². The lowest BCUT2D eigenvalue weighted by molar-refractivity contribution is -0.123. The van der Waals surface area contributed by atoms with Crippen LogP contribution in [0.4, 0.5) is 0 Å². The molecule has 0 aliphatic heterocycles. The van der Waals surface area contributed by atoms with Gasteiger partial charge in [-0.15, -0.1) is 10.2 Å². The quantitative estimate of drug-likeness (QED) is 0.618. The van der Waals surface area contributed by atoms with Gasteiger partial charge in [0, 0.05) is 22.7 Å². The highest BCUT2D eigenvalue weighted by molar-refractivity contribution is 14.1. The fraction of sp³-hybridized carbons (Fsp3) is 0.188. The molecule has 7 heteroatoms. The van der Waals surface area contributed by atoms with Gasteiger partial charge in [0.25, 0.3) is 5.91 Å². The number of aromatic nitrogens is 3. The van der Waals surface area contributed by atoms with E-state index in [2.05, 4.69) is 38.1 Å². The molecule has 1 N–H and O–H groups in total. The van der Waals surface area contributed by atoms with Crippen LogP contribution >= 0.6 is 22.6 Å². The van der Waals surface area contributed by atoms with Gasteiger partial charge in [-0.25, -0.2) is 0 Å². The molecule has 0 radical (unpaired) electrons. The molecule has 3 rings (SSSR count). The number of benzene rings is 1. The normalized spacial score (nSPS) is 10.7. The largest absolute Gasteiger partial charge is 0.484 e. The number of amides is 1. The lowest BCUT2D eigenvalue weighted by Crippen LogP contribution is -2.30. The van der Waals surface area contributed by atoms with Crippen LogP contribution in [0.15, 0.2) is 48.7 Å². The molecule has 3 aromatic rings. The Balaban J connectivity index is 1.45. The maximum absolute atomic E-state index is 11.8. The molecule has 0 aliphatic rings. The summed E-state index contributed by atoms with van der Waals surface area (Å²) < 4.78 is 8.47. The number of nitrogens with one attached hydrogen (secondary N) is 1. The Hall–Kier alpha value is -2.16. The summed E-state index contributed by atoms with van der Waals surface area (Å²) in [6, 6.07) is 13.3. The zero-order chi connectivity index (χ0) is 16.1. The minimum Gasteiger partial charge on any atom is -0.484 e. The number of rotatable bonds is 6. The van der Waals surface area contributed by atoms with Crippen molar-refractivity contribution < 1.29 is 9.53 Å². The Labute approximate surface area is 147 Å². The molecule has 0 spiro atoms. The number of carbonyl (C=O) groups excluding carboxylic acids is 1. The minimum absolute atomic E-state index is 0.00116. The van der Waals surface area contributed by atoms with Gasteiger partial charge >= 0.3 is 0 Å². The summed E-state index contributed by atoms with van der Waals surface area (Å²) in [5.41, 5.74) is 0.802. The predicted molar refractivity (Wildman–Crippen MR) is 94.4 cm³/mol. The van der Waals surface area contributed by atoms with Crippen molar-refractivity contribution in [3.05, 3.63) is 58.1 Å². The highest BCUT2D eigenvalue weighted by Crippen LogP contribution is 2.13. The third-order valence-electron chi connectivity index (χ3n) is 3.24. The molecule has 1 aromatic carbocycles. The molecule has 118 valence electrons. The van der Waals surface area contributed by atoms with Crippen molar-refractivity contribution >= 4 is 34.1 Å². The highest BCUT2D eigenvalue weighted by atomic mass is 127. The number of hydrogen-bond acceptors (Lipinski definition) is 4.